The summed E-state index contributed by atoms with van der Waals surface area (Å²) in [6.07, 6.45) is 3.87. The van der Waals surface area contributed by atoms with Crippen molar-refractivity contribution in [1.82, 2.24) is 9.88 Å². The molecular formula is C22H29N3O. The number of nitrogens with one attached hydrogen (secondary N) is 2. The lowest BCUT2D eigenvalue weighted by molar-refractivity contribution is -0.116. The number of fused-ring (bicyclic) bond motifs is 3. The first-order chi connectivity index (χ1) is 12.6. The van der Waals surface area contributed by atoms with Gasteiger partial charge in [0.1, 0.15) is 0 Å². The van der Waals surface area contributed by atoms with E-state index < -0.39 is 0 Å². The highest BCUT2D eigenvalue weighted by Gasteiger charge is 2.09. The van der Waals surface area contributed by atoms with Crippen molar-refractivity contribution in [2.75, 3.05) is 25.5 Å². The third kappa shape index (κ3) is 4.07. The van der Waals surface area contributed by atoms with Gasteiger partial charge >= 0.3 is 0 Å². The van der Waals surface area contributed by atoms with Crippen LogP contribution in [0.25, 0.3) is 21.8 Å². The van der Waals surface area contributed by atoms with E-state index in [1.165, 1.54) is 34.7 Å². The quantitative estimate of drug-likeness (QED) is 0.603. The summed E-state index contributed by atoms with van der Waals surface area (Å²) in [5.74, 6) is 0.0676. The van der Waals surface area contributed by atoms with Crippen molar-refractivity contribution in [3.63, 3.8) is 0 Å². The Labute approximate surface area is 155 Å². The number of H-pyrrole nitrogens is 1. The summed E-state index contributed by atoms with van der Waals surface area (Å²) in [6, 6.07) is 12.5. The van der Waals surface area contributed by atoms with E-state index in [1.807, 2.05) is 12.1 Å². The fourth-order valence-electron chi connectivity index (χ4n) is 3.42. The Balaban J connectivity index is 1.71. The van der Waals surface area contributed by atoms with Crippen LogP contribution in [0.2, 0.25) is 0 Å². The molecule has 1 aromatic heterocycles. The lowest BCUT2D eigenvalue weighted by Crippen LogP contribution is -2.25. The van der Waals surface area contributed by atoms with Gasteiger partial charge in [-0.2, -0.15) is 0 Å². The van der Waals surface area contributed by atoms with E-state index >= 15 is 0 Å². The normalized spacial score (nSPS) is 11.5. The Morgan fingerprint density at radius 3 is 2.73 bits per heavy atom. The van der Waals surface area contributed by atoms with Gasteiger partial charge in [-0.05, 0) is 44.1 Å². The molecule has 0 bridgehead atoms. The zero-order valence-corrected chi connectivity index (χ0v) is 16.1. The molecule has 4 nitrogen and oxygen atoms in total. The van der Waals surface area contributed by atoms with Crippen molar-refractivity contribution in [2.24, 2.45) is 0 Å². The largest absolute Gasteiger partial charge is 0.354 e. The second kappa shape index (κ2) is 8.37. The van der Waals surface area contributed by atoms with Gasteiger partial charge in [-0.1, -0.05) is 44.5 Å². The number of amides is 1. The summed E-state index contributed by atoms with van der Waals surface area (Å²) < 4.78 is 0. The van der Waals surface area contributed by atoms with Crippen LogP contribution < -0.4 is 5.32 Å². The standard InChI is InChI=1S/C22H29N3O/c1-4-6-13-25(3)14-12-21(26)23-17-10-11-18-19-9-7-8-16(5-2)22(19)24-20(18)15-17/h7-11,15,24H,4-6,12-14H2,1-3H3,(H,23,26). The average molecular weight is 351 g/mol. The maximum absolute atomic E-state index is 12.3. The Morgan fingerprint density at radius 1 is 1.12 bits per heavy atom. The minimum Gasteiger partial charge on any atom is -0.354 e. The number of rotatable bonds is 8. The molecule has 0 saturated carbocycles. The summed E-state index contributed by atoms with van der Waals surface area (Å²) >= 11 is 0. The molecule has 0 aliphatic carbocycles. The smallest absolute Gasteiger partial charge is 0.225 e. The van der Waals surface area contributed by atoms with Gasteiger partial charge in [0.05, 0.1) is 0 Å². The molecule has 0 spiro atoms. The number of nitrogens with zero attached hydrogens (tertiary/aromatic N) is 1. The average Bonchev–Trinajstić information content (AvgIpc) is 3.02. The molecule has 138 valence electrons. The minimum atomic E-state index is 0.0676. The van der Waals surface area contributed by atoms with Gasteiger partial charge in [-0.3, -0.25) is 4.79 Å². The number of benzene rings is 2. The zero-order valence-electron chi connectivity index (χ0n) is 16.1. The van der Waals surface area contributed by atoms with E-state index in [1.54, 1.807) is 0 Å². The number of aromatic amines is 1. The molecule has 0 aliphatic heterocycles. The molecule has 3 rings (SSSR count). The van der Waals surface area contributed by atoms with Crippen LogP contribution in [0.5, 0.6) is 0 Å². The molecule has 0 aliphatic rings. The van der Waals surface area contributed by atoms with Crippen LogP contribution in [0.15, 0.2) is 36.4 Å². The van der Waals surface area contributed by atoms with Crippen molar-refractivity contribution in [3.05, 3.63) is 42.0 Å². The molecular weight excluding hydrogens is 322 g/mol. The maximum atomic E-state index is 12.3. The van der Waals surface area contributed by atoms with Crippen molar-refractivity contribution in [3.8, 4) is 0 Å². The number of carbonyl (C=O) groups is 1. The molecule has 0 atom stereocenters. The SMILES string of the molecule is CCCCN(C)CCC(=O)Nc1ccc2c(c1)[nH]c1c(CC)cccc12. The monoisotopic (exact) mass is 351 g/mol. The number of carbonyl (C=O) groups excluding carboxylic acids is 1. The lowest BCUT2D eigenvalue weighted by Gasteiger charge is -2.15. The van der Waals surface area contributed by atoms with Gasteiger partial charge in [-0.25, -0.2) is 0 Å². The fraction of sp³-hybridized carbons (Fsp3) is 0.409. The molecule has 0 radical (unpaired) electrons. The highest BCUT2D eigenvalue weighted by molar-refractivity contribution is 6.09. The third-order valence-corrected chi connectivity index (χ3v) is 5.00. The van der Waals surface area contributed by atoms with Crippen molar-refractivity contribution in [2.45, 2.75) is 39.5 Å². The Bertz CT molecular complexity index is 897. The summed E-state index contributed by atoms with van der Waals surface area (Å²) in [6.45, 7) is 6.19. The first-order valence-corrected chi connectivity index (χ1v) is 9.64. The van der Waals surface area contributed by atoms with E-state index in [-0.39, 0.29) is 5.91 Å². The van der Waals surface area contributed by atoms with Gasteiger partial charge in [0, 0.05) is 40.5 Å². The fourth-order valence-corrected chi connectivity index (χ4v) is 3.42. The molecule has 1 heterocycles. The van der Waals surface area contributed by atoms with Gasteiger partial charge in [0.25, 0.3) is 0 Å². The highest BCUT2D eigenvalue weighted by atomic mass is 16.1. The van der Waals surface area contributed by atoms with Gasteiger partial charge < -0.3 is 15.2 Å². The van der Waals surface area contributed by atoms with E-state index in [0.717, 1.165) is 30.7 Å². The topological polar surface area (TPSA) is 48.1 Å². The summed E-state index contributed by atoms with van der Waals surface area (Å²) in [5.41, 5.74) is 4.44. The van der Waals surface area contributed by atoms with E-state index in [2.05, 4.69) is 60.4 Å². The van der Waals surface area contributed by atoms with Crippen LogP contribution in [0.1, 0.15) is 38.7 Å². The number of aromatic nitrogens is 1. The first kappa shape index (κ1) is 18.5. The second-order valence-corrected chi connectivity index (χ2v) is 7.03. The van der Waals surface area contributed by atoms with E-state index in [4.69, 9.17) is 0 Å². The number of unbranched alkanes of at least 4 members (excludes halogenated alkanes) is 1. The summed E-state index contributed by atoms with van der Waals surface area (Å²) in [4.78, 5) is 18.0. The number of aryl methyl sites for hydroxylation is 1. The van der Waals surface area contributed by atoms with E-state index in [9.17, 15) is 4.79 Å². The van der Waals surface area contributed by atoms with Crippen LogP contribution in [-0.2, 0) is 11.2 Å². The third-order valence-electron chi connectivity index (χ3n) is 5.00. The maximum Gasteiger partial charge on any atom is 0.225 e. The number of para-hydroxylation sites is 1. The predicted molar refractivity (Wildman–Crippen MR) is 111 cm³/mol. The van der Waals surface area contributed by atoms with Crippen molar-refractivity contribution in [1.29, 1.82) is 0 Å². The summed E-state index contributed by atoms with van der Waals surface area (Å²) in [5, 5.41) is 5.48. The molecule has 2 N–H and O–H groups in total. The van der Waals surface area contributed by atoms with Crippen LogP contribution in [-0.4, -0.2) is 35.9 Å². The second-order valence-electron chi connectivity index (χ2n) is 7.03. The molecule has 3 aromatic rings. The lowest BCUT2D eigenvalue weighted by atomic mass is 10.1. The number of hydrogen-bond donors (Lipinski definition) is 2. The summed E-state index contributed by atoms with van der Waals surface area (Å²) in [7, 11) is 2.07. The predicted octanol–water partition coefficient (Wildman–Crippen LogP) is 4.94. The molecule has 4 heteroatoms. The van der Waals surface area contributed by atoms with Crippen LogP contribution in [0.3, 0.4) is 0 Å². The Morgan fingerprint density at radius 2 is 1.96 bits per heavy atom. The Kier molecular flexibility index (Phi) is 5.94. The molecule has 2 aromatic carbocycles. The molecule has 0 fully saturated rings. The number of hydrogen-bond acceptors (Lipinski definition) is 2. The van der Waals surface area contributed by atoms with Crippen LogP contribution in [0, 0.1) is 0 Å². The van der Waals surface area contributed by atoms with Gasteiger partial charge in [0.2, 0.25) is 5.91 Å². The Hall–Kier alpha value is -2.33. The molecule has 0 saturated heterocycles. The molecule has 26 heavy (non-hydrogen) atoms. The number of anilines is 1. The van der Waals surface area contributed by atoms with E-state index in [0.29, 0.717) is 6.42 Å². The van der Waals surface area contributed by atoms with Crippen molar-refractivity contribution < 1.29 is 4.79 Å². The minimum absolute atomic E-state index is 0.0676. The van der Waals surface area contributed by atoms with Crippen LogP contribution >= 0.6 is 0 Å². The van der Waals surface area contributed by atoms with Gasteiger partial charge in [0.15, 0.2) is 0 Å². The molecule has 0 unspecified atom stereocenters. The highest BCUT2D eigenvalue weighted by Crippen LogP contribution is 2.29. The van der Waals surface area contributed by atoms with Crippen molar-refractivity contribution >= 4 is 33.4 Å². The molecule has 1 amide bonds. The van der Waals surface area contributed by atoms with Crippen LogP contribution in [0.4, 0.5) is 5.69 Å². The van der Waals surface area contributed by atoms with Gasteiger partial charge in [-0.15, -0.1) is 0 Å². The first-order valence-electron chi connectivity index (χ1n) is 9.64. The zero-order chi connectivity index (χ0) is 18.5.